The summed E-state index contributed by atoms with van der Waals surface area (Å²) in [7, 11) is 0. The topological polar surface area (TPSA) is 3.24 Å². The monoisotopic (exact) mass is 511 g/mol. The van der Waals surface area contributed by atoms with E-state index in [9.17, 15) is 4.39 Å². The van der Waals surface area contributed by atoms with Gasteiger partial charge in [0.1, 0.15) is 5.82 Å². The zero-order valence-corrected chi connectivity index (χ0v) is 23.8. The highest BCUT2D eigenvalue weighted by atomic mass is 19.1. The van der Waals surface area contributed by atoms with Gasteiger partial charge in [-0.15, -0.1) is 0 Å². The molecule has 2 atom stereocenters. The molecule has 0 bridgehead atoms. The summed E-state index contributed by atoms with van der Waals surface area (Å²) in [6, 6.07) is 14.1. The van der Waals surface area contributed by atoms with Crippen LogP contribution in [0.1, 0.15) is 88.3 Å². The summed E-state index contributed by atoms with van der Waals surface area (Å²) in [6.45, 7) is 12.5. The van der Waals surface area contributed by atoms with Crippen molar-refractivity contribution in [2.45, 2.75) is 84.0 Å². The molecular weight excluding hydrogens is 465 g/mol. The lowest BCUT2D eigenvalue weighted by molar-refractivity contribution is 0.315. The molecule has 1 aliphatic rings. The van der Waals surface area contributed by atoms with Crippen LogP contribution in [0.3, 0.4) is 0 Å². The summed E-state index contributed by atoms with van der Waals surface area (Å²) >= 11 is 0. The molecule has 0 N–H and O–H groups in total. The summed E-state index contributed by atoms with van der Waals surface area (Å²) in [5.74, 6) is 7.27. The van der Waals surface area contributed by atoms with Gasteiger partial charge in [0.2, 0.25) is 0 Å². The molecule has 2 heteroatoms. The van der Waals surface area contributed by atoms with Gasteiger partial charge in [0.15, 0.2) is 0 Å². The molecule has 0 saturated carbocycles. The van der Waals surface area contributed by atoms with Crippen LogP contribution in [0.4, 0.5) is 10.1 Å². The van der Waals surface area contributed by atoms with Crippen LogP contribution in [0.15, 0.2) is 79.4 Å². The van der Waals surface area contributed by atoms with Gasteiger partial charge in [-0.2, -0.15) is 0 Å². The first-order chi connectivity index (χ1) is 18.5. The lowest BCUT2D eigenvalue weighted by Crippen LogP contribution is -2.30. The minimum Gasteiger partial charge on any atom is -0.372 e. The van der Waals surface area contributed by atoms with Crippen molar-refractivity contribution in [2.75, 3.05) is 18.0 Å². The average molecular weight is 512 g/mol. The third-order valence-corrected chi connectivity index (χ3v) is 7.68. The lowest BCUT2D eigenvalue weighted by Gasteiger charge is -2.39. The van der Waals surface area contributed by atoms with Crippen LogP contribution in [0.5, 0.6) is 0 Å². The standard InChI is InChI=1S/C36H46FN/c1-5-8-9-10-13-24-36(35-23-20-33(37)28-30(35)4)25-14-17-32(29-36)16-12-11-15-31-18-21-34(22-19-31)38(26-6-2)27-7-3/h5,8-9,14,18-23,25,28,32H,1,6-7,10,12-13,16-17,24,26-27,29H2,2-4H3/b9-8-/t32-,36?/m0/s1. The highest BCUT2D eigenvalue weighted by molar-refractivity contribution is 5.50. The van der Waals surface area contributed by atoms with Crippen molar-refractivity contribution in [1.29, 1.82) is 0 Å². The Hall–Kier alpha value is -3.05. The Morgan fingerprint density at radius 3 is 2.55 bits per heavy atom. The Morgan fingerprint density at radius 1 is 1.11 bits per heavy atom. The molecule has 0 aromatic heterocycles. The maximum Gasteiger partial charge on any atom is 0.123 e. The van der Waals surface area contributed by atoms with Gasteiger partial charge in [0.05, 0.1) is 0 Å². The lowest BCUT2D eigenvalue weighted by atomic mass is 9.65. The fraction of sp³-hybridized carbons (Fsp3) is 0.444. The predicted molar refractivity (Wildman–Crippen MR) is 163 cm³/mol. The minimum atomic E-state index is -0.154. The maximum absolute atomic E-state index is 13.9. The highest BCUT2D eigenvalue weighted by Gasteiger charge is 2.35. The molecular formula is C36H46FN. The van der Waals surface area contributed by atoms with Crippen molar-refractivity contribution in [3.63, 3.8) is 0 Å². The third kappa shape index (κ3) is 8.49. The number of allylic oxidation sites excluding steroid dienone is 5. The van der Waals surface area contributed by atoms with Crippen molar-refractivity contribution in [3.05, 3.63) is 102 Å². The number of hydrogen-bond acceptors (Lipinski definition) is 1. The minimum absolute atomic E-state index is 0.0329. The first-order valence-corrected chi connectivity index (χ1v) is 14.6. The van der Waals surface area contributed by atoms with E-state index >= 15 is 0 Å². The molecule has 0 fully saturated rings. The van der Waals surface area contributed by atoms with Crippen LogP contribution in [-0.4, -0.2) is 13.1 Å². The van der Waals surface area contributed by atoms with E-state index in [1.165, 1.54) is 11.3 Å². The maximum atomic E-state index is 13.9. The van der Waals surface area contributed by atoms with Crippen LogP contribution in [0.25, 0.3) is 0 Å². The van der Waals surface area contributed by atoms with E-state index in [2.05, 4.69) is 86.6 Å². The molecule has 0 saturated heterocycles. The van der Waals surface area contributed by atoms with Crippen molar-refractivity contribution in [1.82, 2.24) is 0 Å². The van der Waals surface area contributed by atoms with E-state index in [0.717, 1.165) is 82.0 Å². The van der Waals surface area contributed by atoms with Crippen molar-refractivity contribution in [2.24, 2.45) is 5.92 Å². The van der Waals surface area contributed by atoms with Gasteiger partial charge in [-0.3, -0.25) is 0 Å². The van der Waals surface area contributed by atoms with Crippen LogP contribution >= 0.6 is 0 Å². The summed E-state index contributed by atoms with van der Waals surface area (Å²) in [6.07, 6.45) is 20.5. The number of aryl methyl sites for hydroxylation is 1. The number of hydrogen-bond donors (Lipinski definition) is 0. The van der Waals surface area contributed by atoms with Crippen LogP contribution < -0.4 is 4.90 Å². The normalized spacial score (nSPS) is 18.8. The quantitative estimate of drug-likeness (QED) is 0.112. The molecule has 2 aromatic carbocycles. The predicted octanol–water partition coefficient (Wildman–Crippen LogP) is 9.71. The van der Waals surface area contributed by atoms with E-state index in [4.69, 9.17) is 0 Å². The zero-order valence-electron chi connectivity index (χ0n) is 23.8. The molecule has 3 rings (SSSR count). The van der Waals surface area contributed by atoms with E-state index in [-0.39, 0.29) is 11.2 Å². The van der Waals surface area contributed by atoms with Crippen molar-refractivity contribution < 1.29 is 4.39 Å². The number of halogens is 1. The van der Waals surface area contributed by atoms with Gasteiger partial charge < -0.3 is 4.90 Å². The average Bonchev–Trinajstić information content (AvgIpc) is 2.91. The Bertz CT molecular complexity index is 1120. The third-order valence-electron chi connectivity index (χ3n) is 7.68. The summed E-state index contributed by atoms with van der Waals surface area (Å²) < 4.78 is 13.9. The molecule has 202 valence electrons. The molecule has 1 aliphatic carbocycles. The van der Waals surface area contributed by atoms with E-state index < -0.39 is 0 Å². The van der Waals surface area contributed by atoms with Gasteiger partial charge in [-0.05, 0) is 112 Å². The van der Waals surface area contributed by atoms with Crippen molar-refractivity contribution in [3.8, 4) is 11.8 Å². The smallest absolute Gasteiger partial charge is 0.123 e. The zero-order chi connectivity index (χ0) is 27.2. The molecule has 1 nitrogen and oxygen atoms in total. The second-order valence-electron chi connectivity index (χ2n) is 10.8. The van der Waals surface area contributed by atoms with Gasteiger partial charge in [0, 0.05) is 36.2 Å². The number of rotatable bonds is 13. The molecule has 1 unspecified atom stereocenters. The molecule has 0 spiro atoms. The van der Waals surface area contributed by atoms with E-state index in [1.54, 1.807) is 12.1 Å². The van der Waals surface area contributed by atoms with Gasteiger partial charge >= 0.3 is 0 Å². The Kier molecular flexibility index (Phi) is 11.9. The summed E-state index contributed by atoms with van der Waals surface area (Å²) in [5.41, 5.74) is 4.68. The van der Waals surface area contributed by atoms with Crippen LogP contribution in [0.2, 0.25) is 0 Å². The summed E-state index contributed by atoms with van der Waals surface area (Å²) in [4.78, 5) is 2.46. The molecule has 0 aliphatic heterocycles. The highest BCUT2D eigenvalue weighted by Crippen LogP contribution is 2.44. The van der Waals surface area contributed by atoms with Gasteiger partial charge in [0.25, 0.3) is 0 Å². The fourth-order valence-electron chi connectivity index (χ4n) is 5.91. The molecule has 38 heavy (non-hydrogen) atoms. The van der Waals surface area contributed by atoms with Crippen molar-refractivity contribution >= 4 is 5.69 Å². The Morgan fingerprint density at radius 2 is 1.87 bits per heavy atom. The Balaban J connectivity index is 1.65. The second-order valence-corrected chi connectivity index (χ2v) is 10.8. The number of anilines is 1. The molecule has 2 aromatic rings. The van der Waals surface area contributed by atoms with E-state index in [0.29, 0.717) is 5.92 Å². The number of nitrogens with zero attached hydrogens (tertiary/aromatic N) is 1. The van der Waals surface area contributed by atoms with Crippen LogP contribution in [0, 0.1) is 30.5 Å². The number of unbranched alkanes of at least 4 members (excludes halogenated alkanes) is 1. The first-order valence-electron chi connectivity index (χ1n) is 14.6. The Labute approximate surface area is 231 Å². The first kappa shape index (κ1) is 29.5. The summed E-state index contributed by atoms with van der Waals surface area (Å²) in [5, 5.41) is 0. The molecule has 0 amide bonds. The largest absolute Gasteiger partial charge is 0.372 e. The fourth-order valence-corrected chi connectivity index (χ4v) is 5.91. The molecule has 0 radical (unpaired) electrons. The SMILES string of the molecule is C=C/C=C\CCCC1(c2ccc(F)cc2C)C=CC[C@H](CCC#Cc2ccc(N(CCC)CCC)cc2)C1. The molecule has 0 heterocycles. The number of benzene rings is 2. The van der Waals surface area contributed by atoms with Gasteiger partial charge in [-0.1, -0.05) is 68.7 Å². The van der Waals surface area contributed by atoms with E-state index in [1.807, 2.05) is 18.2 Å². The van der Waals surface area contributed by atoms with Gasteiger partial charge in [-0.25, -0.2) is 4.39 Å². The van der Waals surface area contributed by atoms with Crippen LogP contribution in [-0.2, 0) is 5.41 Å². The second kappa shape index (κ2) is 15.4.